The molecule has 0 fully saturated rings. The van der Waals surface area contributed by atoms with Gasteiger partial charge in [-0.3, -0.25) is 14.4 Å². The third-order valence-electron chi connectivity index (χ3n) is 4.40. The summed E-state index contributed by atoms with van der Waals surface area (Å²) in [5.74, 6) is -2.84. The topological polar surface area (TPSA) is 121 Å². The smallest absolute Gasteiger partial charge is 0.308 e. The van der Waals surface area contributed by atoms with Crippen molar-refractivity contribution in [2.24, 2.45) is 17.8 Å². The second kappa shape index (κ2) is 18.7. The number of hydrogen-bond donors (Lipinski definition) is 3. The molecule has 0 radical (unpaired) electrons. The van der Waals surface area contributed by atoms with Crippen molar-refractivity contribution in [1.29, 1.82) is 0 Å². The van der Waals surface area contributed by atoms with Crippen LogP contribution < -0.4 is 0 Å². The highest BCUT2D eigenvalue weighted by atomic mass is 16.5. The molecule has 7 nitrogen and oxygen atoms in total. The Kier molecular flexibility index (Phi) is 20.8. The van der Waals surface area contributed by atoms with E-state index in [1.165, 1.54) is 0 Å². The molecule has 168 valence electrons. The molecule has 0 saturated carbocycles. The fourth-order valence-electron chi connectivity index (χ4n) is 1.54. The first-order valence-electron chi connectivity index (χ1n) is 10.2. The fraction of sp³-hybridized carbons (Fsp3) is 0.857. The Hall–Kier alpha value is -1.63. The first-order valence-corrected chi connectivity index (χ1v) is 10.2. The minimum absolute atomic E-state index is 0.0974. The number of carboxylic acids is 2. The number of ether oxygens (including phenoxy) is 1. The van der Waals surface area contributed by atoms with Gasteiger partial charge in [-0.15, -0.1) is 0 Å². The van der Waals surface area contributed by atoms with Gasteiger partial charge in [0, 0.05) is 0 Å². The number of aliphatic carboxylic acids is 2. The van der Waals surface area contributed by atoms with Gasteiger partial charge in [-0.2, -0.15) is 0 Å². The maximum atomic E-state index is 11.6. The zero-order valence-electron chi connectivity index (χ0n) is 18.9. The molecule has 0 bridgehead atoms. The van der Waals surface area contributed by atoms with Crippen molar-refractivity contribution < 1.29 is 34.4 Å². The van der Waals surface area contributed by atoms with Crippen LogP contribution in [0.15, 0.2) is 0 Å². The van der Waals surface area contributed by atoms with Crippen molar-refractivity contribution in [2.75, 3.05) is 0 Å². The Morgan fingerprint density at radius 3 is 1.43 bits per heavy atom. The Morgan fingerprint density at radius 2 is 1.21 bits per heavy atom. The number of aliphatic hydroxyl groups excluding tert-OH is 1. The summed E-state index contributed by atoms with van der Waals surface area (Å²) in [7, 11) is 0. The number of esters is 1. The van der Waals surface area contributed by atoms with E-state index in [-0.39, 0.29) is 30.0 Å². The van der Waals surface area contributed by atoms with Crippen LogP contribution in [0.4, 0.5) is 0 Å². The lowest BCUT2D eigenvalue weighted by Crippen LogP contribution is -2.24. The van der Waals surface area contributed by atoms with Crippen LogP contribution in [0, 0.1) is 17.8 Å². The molecule has 0 aliphatic carbocycles. The summed E-state index contributed by atoms with van der Waals surface area (Å²) in [6, 6.07) is 0. The summed E-state index contributed by atoms with van der Waals surface area (Å²) in [6.45, 7) is 14.6. The Bertz CT molecular complexity index is 421. The molecule has 0 aromatic heterocycles. The van der Waals surface area contributed by atoms with E-state index in [1.807, 2.05) is 34.6 Å². The first-order chi connectivity index (χ1) is 12.9. The zero-order chi connectivity index (χ0) is 22.9. The van der Waals surface area contributed by atoms with Crippen molar-refractivity contribution in [3.8, 4) is 0 Å². The number of aliphatic hydroxyl groups is 1. The summed E-state index contributed by atoms with van der Waals surface area (Å²) >= 11 is 0. The average Bonchev–Trinajstić information content (AvgIpc) is 2.65. The molecule has 0 aromatic carbocycles. The molecular formula is C21H42O7. The lowest BCUT2D eigenvalue weighted by molar-refractivity contribution is -0.154. The Labute approximate surface area is 170 Å². The second-order valence-electron chi connectivity index (χ2n) is 7.14. The van der Waals surface area contributed by atoms with Gasteiger partial charge in [-0.1, -0.05) is 41.5 Å². The van der Waals surface area contributed by atoms with Crippen LogP contribution >= 0.6 is 0 Å². The van der Waals surface area contributed by atoms with Gasteiger partial charge in [0.1, 0.15) is 0 Å². The Balaban J connectivity index is -0.000000427. The molecule has 0 amide bonds. The van der Waals surface area contributed by atoms with Gasteiger partial charge < -0.3 is 20.1 Å². The van der Waals surface area contributed by atoms with Gasteiger partial charge in [-0.25, -0.2) is 0 Å². The molecule has 0 heterocycles. The van der Waals surface area contributed by atoms with Crippen molar-refractivity contribution >= 4 is 17.9 Å². The third-order valence-corrected chi connectivity index (χ3v) is 4.40. The number of carboxylic acid groups (broad SMARTS) is 2. The molecule has 0 rings (SSSR count). The molecule has 3 N–H and O–H groups in total. The van der Waals surface area contributed by atoms with E-state index >= 15 is 0 Å². The molecule has 5 atom stereocenters. The predicted molar refractivity (Wildman–Crippen MR) is 110 cm³/mol. The van der Waals surface area contributed by atoms with E-state index in [0.717, 1.165) is 19.3 Å². The zero-order valence-corrected chi connectivity index (χ0v) is 18.9. The predicted octanol–water partition coefficient (Wildman–Crippen LogP) is 4.36. The van der Waals surface area contributed by atoms with Gasteiger partial charge in [0.05, 0.1) is 30.0 Å². The molecule has 7 heteroatoms. The van der Waals surface area contributed by atoms with Crippen molar-refractivity contribution in [2.45, 2.75) is 99.7 Å². The van der Waals surface area contributed by atoms with Gasteiger partial charge >= 0.3 is 17.9 Å². The maximum absolute atomic E-state index is 11.6. The van der Waals surface area contributed by atoms with Crippen LogP contribution in [0.25, 0.3) is 0 Å². The van der Waals surface area contributed by atoms with E-state index in [0.29, 0.717) is 12.8 Å². The summed E-state index contributed by atoms with van der Waals surface area (Å²) in [5.41, 5.74) is 0. The minimum Gasteiger partial charge on any atom is -0.481 e. The monoisotopic (exact) mass is 406 g/mol. The van der Waals surface area contributed by atoms with E-state index in [9.17, 15) is 14.4 Å². The summed E-state index contributed by atoms with van der Waals surface area (Å²) in [5, 5.41) is 25.4. The van der Waals surface area contributed by atoms with Crippen LogP contribution in [-0.4, -0.2) is 45.4 Å². The standard InChI is InChI=1S/C12H22O4.C5H10O2.C4H10O/c1-5-9(4)16-12(15)8(3)7-10(6-2)11(13)14;1-3-4(2)5(6)7;1-3-4(2)5/h8-10H,5-7H2,1-4H3,(H,13,14);4H,3H2,1-2H3,(H,6,7);4-5H,3H2,1-2H3. The molecule has 0 aromatic rings. The lowest BCUT2D eigenvalue weighted by atomic mass is 9.94. The van der Waals surface area contributed by atoms with Crippen LogP contribution in [-0.2, 0) is 19.1 Å². The molecule has 0 aliphatic heterocycles. The third kappa shape index (κ3) is 19.1. The molecule has 5 unspecified atom stereocenters. The van der Waals surface area contributed by atoms with Crippen molar-refractivity contribution in [3.05, 3.63) is 0 Å². The van der Waals surface area contributed by atoms with Gasteiger partial charge in [0.15, 0.2) is 0 Å². The summed E-state index contributed by atoms with van der Waals surface area (Å²) in [4.78, 5) is 32.3. The maximum Gasteiger partial charge on any atom is 0.308 e. The van der Waals surface area contributed by atoms with Crippen LogP contribution in [0.2, 0.25) is 0 Å². The highest BCUT2D eigenvalue weighted by molar-refractivity contribution is 5.74. The number of hydrogen-bond acceptors (Lipinski definition) is 5. The summed E-state index contributed by atoms with van der Waals surface area (Å²) in [6.07, 6.45) is 3.02. The molecule has 0 saturated heterocycles. The van der Waals surface area contributed by atoms with E-state index in [2.05, 4.69) is 0 Å². The minimum atomic E-state index is -0.842. The van der Waals surface area contributed by atoms with Gasteiger partial charge in [0.25, 0.3) is 0 Å². The number of carbonyl (C=O) groups is 3. The normalized spacial score (nSPS) is 15.3. The molecular weight excluding hydrogens is 364 g/mol. The van der Waals surface area contributed by atoms with Gasteiger partial charge in [-0.05, 0) is 46.0 Å². The molecule has 0 aliphatic rings. The van der Waals surface area contributed by atoms with Gasteiger partial charge in [0.2, 0.25) is 0 Å². The van der Waals surface area contributed by atoms with Crippen LogP contribution in [0.5, 0.6) is 0 Å². The quantitative estimate of drug-likeness (QED) is 0.461. The molecule has 28 heavy (non-hydrogen) atoms. The Morgan fingerprint density at radius 1 is 0.750 bits per heavy atom. The fourth-order valence-corrected chi connectivity index (χ4v) is 1.54. The largest absolute Gasteiger partial charge is 0.481 e. The highest BCUT2D eigenvalue weighted by Crippen LogP contribution is 2.18. The summed E-state index contributed by atoms with van der Waals surface area (Å²) < 4.78 is 5.15. The van der Waals surface area contributed by atoms with E-state index in [1.54, 1.807) is 20.8 Å². The van der Waals surface area contributed by atoms with Crippen molar-refractivity contribution in [3.63, 3.8) is 0 Å². The number of rotatable bonds is 10. The molecule has 0 spiro atoms. The lowest BCUT2D eigenvalue weighted by Gasteiger charge is -2.18. The van der Waals surface area contributed by atoms with E-state index < -0.39 is 17.9 Å². The highest BCUT2D eigenvalue weighted by Gasteiger charge is 2.24. The number of carbonyl (C=O) groups excluding carboxylic acids is 1. The van der Waals surface area contributed by atoms with E-state index in [4.69, 9.17) is 20.1 Å². The SMILES string of the molecule is CCC(C)C(=O)O.CCC(C)O.CCC(C)OC(=O)C(C)CC(CC)C(=O)O. The van der Waals surface area contributed by atoms with Crippen molar-refractivity contribution in [1.82, 2.24) is 0 Å². The van der Waals surface area contributed by atoms with Crippen LogP contribution in [0.3, 0.4) is 0 Å². The average molecular weight is 407 g/mol. The second-order valence-corrected chi connectivity index (χ2v) is 7.14. The first kappa shape index (κ1) is 31.1. The van der Waals surface area contributed by atoms with Crippen LogP contribution in [0.1, 0.15) is 87.5 Å².